The molecule has 1 aliphatic heterocycles. The maximum atomic E-state index is 12.8. The van der Waals surface area contributed by atoms with Crippen molar-refractivity contribution in [2.75, 3.05) is 45.8 Å². The Morgan fingerprint density at radius 3 is 2.54 bits per heavy atom. The molecule has 0 bridgehead atoms. The lowest BCUT2D eigenvalue weighted by atomic mass is 9.78. The van der Waals surface area contributed by atoms with Crippen LogP contribution in [-0.4, -0.2) is 46.4 Å². The van der Waals surface area contributed by atoms with Gasteiger partial charge in [0, 0.05) is 18.9 Å². The standard InChI is InChI=1S/C17H26N2O4.ClH/c1-4-23-14-6-5-13(11-15(14)22-3)19-16(20)17(12-21-2)7-9-18-10-8-17;/h5-6,11,18H,4,7-10,12H2,1-3H3,(H,19,20);1H. The van der Waals surface area contributed by atoms with Crippen molar-refractivity contribution in [2.24, 2.45) is 5.41 Å². The highest BCUT2D eigenvalue weighted by Gasteiger charge is 2.39. The highest BCUT2D eigenvalue weighted by Crippen LogP contribution is 2.33. The molecule has 1 aromatic carbocycles. The summed E-state index contributed by atoms with van der Waals surface area (Å²) in [5.74, 6) is 1.27. The van der Waals surface area contributed by atoms with Gasteiger partial charge in [-0.2, -0.15) is 0 Å². The van der Waals surface area contributed by atoms with E-state index in [9.17, 15) is 4.79 Å². The molecule has 0 atom stereocenters. The number of carbonyl (C=O) groups is 1. The summed E-state index contributed by atoms with van der Waals surface area (Å²) in [5.41, 5.74) is 0.218. The van der Waals surface area contributed by atoms with Gasteiger partial charge in [0.15, 0.2) is 11.5 Å². The summed E-state index contributed by atoms with van der Waals surface area (Å²) in [6.45, 7) is 4.55. The second-order valence-corrected chi connectivity index (χ2v) is 5.72. The van der Waals surface area contributed by atoms with Crippen LogP contribution in [0.15, 0.2) is 18.2 Å². The summed E-state index contributed by atoms with van der Waals surface area (Å²) in [6.07, 6.45) is 1.53. The van der Waals surface area contributed by atoms with Crippen LogP contribution in [0.25, 0.3) is 0 Å². The second-order valence-electron chi connectivity index (χ2n) is 5.72. The van der Waals surface area contributed by atoms with Gasteiger partial charge in [-0.15, -0.1) is 12.4 Å². The third-order valence-corrected chi connectivity index (χ3v) is 4.18. The summed E-state index contributed by atoms with van der Waals surface area (Å²) in [7, 11) is 3.22. The van der Waals surface area contributed by atoms with Gasteiger partial charge < -0.3 is 24.8 Å². The predicted octanol–water partition coefficient (Wildman–Crippen LogP) is 2.47. The molecule has 1 amide bonds. The number of amides is 1. The van der Waals surface area contributed by atoms with Crippen LogP contribution >= 0.6 is 12.4 Å². The highest BCUT2D eigenvalue weighted by atomic mass is 35.5. The number of carbonyl (C=O) groups excluding carboxylic acids is 1. The minimum atomic E-state index is -0.480. The summed E-state index contributed by atoms with van der Waals surface area (Å²) in [6, 6.07) is 5.42. The number of ether oxygens (including phenoxy) is 3. The van der Waals surface area contributed by atoms with Crippen LogP contribution in [-0.2, 0) is 9.53 Å². The number of benzene rings is 1. The molecule has 0 aromatic heterocycles. The average molecular weight is 359 g/mol. The Balaban J connectivity index is 0.00000288. The molecule has 1 heterocycles. The molecule has 136 valence electrons. The SMILES string of the molecule is CCOc1ccc(NC(=O)C2(COC)CCNCC2)cc1OC.Cl. The highest BCUT2D eigenvalue weighted by molar-refractivity contribution is 5.95. The van der Waals surface area contributed by atoms with Gasteiger partial charge in [-0.25, -0.2) is 0 Å². The first-order chi connectivity index (χ1) is 11.1. The van der Waals surface area contributed by atoms with Crippen LogP contribution in [0.3, 0.4) is 0 Å². The molecule has 1 saturated heterocycles. The molecule has 1 aliphatic rings. The molecule has 7 heteroatoms. The number of piperidine rings is 1. The first kappa shape index (κ1) is 20.5. The zero-order valence-corrected chi connectivity index (χ0v) is 15.3. The Labute approximate surface area is 149 Å². The third-order valence-electron chi connectivity index (χ3n) is 4.18. The van der Waals surface area contributed by atoms with Crippen molar-refractivity contribution >= 4 is 24.0 Å². The van der Waals surface area contributed by atoms with Crippen LogP contribution in [0.5, 0.6) is 11.5 Å². The Bertz CT molecular complexity index is 528. The zero-order chi connectivity index (χ0) is 16.7. The van der Waals surface area contributed by atoms with E-state index < -0.39 is 5.41 Å². The van der Waals surface area contributed by atoms with E-state index in [0.29, 0.717) is 30.4 Å². The number of hydrogen-bond donors (Lipinski definition) is 2. The summed E-state index contributed by atoms with van der Waals surface area (Å²) >= 11 is 0. The monoisotopic (exact) mass is 358 g/mol. The van der Waals surface area contributed by atoms with E-state index in [2.05, 4.69) is 10.6 Å². The molecular weight excluding hydrogens is 332 g/mol. The topological polar surface area (TPSA) is 68.8 Å². The molecule has 0 unspecified atom stereocenters. The lowest BCUT2D eigenvalue weighted by molar-refractivity contribution is -0.130. The van der Waals surface area contributed by atoms with E-state index in [1.807, 2.05) is 19.1 Å². The minimum absolute atomic E-state index is 0. The minimum Gasteiger partial charge on any atom is -0.493 e. The molecule has 1 aromatic rings. The first-order valence-corrected chi connectivity index (χ1v) is 7.97. The van der Waals surface area contributed by atoms with Gasteiger partial charge in [-0.3, -0.25) is 4.79 Å². The van der Waals surface area contributed by atoms with Gasteiger partial charge >= 0.3 is 0 Å². The van der Waals surface area contributed by atoms with E-state index in [1.54, 1.807) is 20.3 Å². The Morgan fingerprint density at radius 2 is 1.96 bits per heavy atom. The lowest BCUT2D eigenvalue weighted by Crippen LogP contribution is -2.47. The van der Waals surface area contributed by atoms with Crippen molar-refractivity contribution in [2.45, 2.75) is 19.8 Å². The molecule has 0 radical (unpaired) electrons. The fraction of sp³-hybridized carbons (Fsp3) is 0.588. The summed E-state index contributed by atoms with van der Waals surface area (Å²) in [5, 5.41) is 6.28. The van der Waals surface area contributed by atoms with Crippen LogP contribution in [0, 0.1) is 5.41 Å². The molecule has 1 fully saturated rings. The fourth-order valence-electron chi connectivity index (χ4n) is 2.90. The van der Waals surface area contributed by atoms with Crippen molar-refractivity contribution in [3.8, 4) is 11.5 Å². The van der Waals surface area contributed by atoms with E-state index in [-0.39, 0.29) is 18.3 Å². The quantitative estimate of drug-likeness (QED) is 0.783. The zero-order valence-electron chi connectivity index (χ0n) is 14.5. The number of anilines is 1. The molecule has 2 N–H and O–H groups in total. The van der Waals surface area contributed by atoms with Crippen LogP contribution in [0.1, 0.15) is 19.8 Å². The van der Waals surface area contributed by atoms with Crippen LogP contribution in [0.4, 0.5) is 5.69 Å². The number of nitrogens with one attached hydrogen (secondary N) is 2. The summed E-state index contributed by atoms with van der Waals surface area (Å²) < 4.78 is 16.1. The van der Waals surface area contributed by atoms with Crippen molar-refractivity contribution < 1.29 is 19.0 Å². The van der Waals surface area contributed by atoms with Crippen LogP contribution in [0.2, 0.25) is 0 Å². The molecule has 2 rings (SSSR count). The molecular formula is C17H27ClN2O4. The molecule has 0 spiro atoms. The van der Waals surface area contributed by atoms with E-state index in [4.69, 9.17) is 14.2 Å². The summed E-state index contributed by atoms with van der Waals surface area (Å²) in [4.78, 5) is 12.8. The van der Waals surface area contributed by atoms with Gasteiger partial charge in [0.05, 0.1) is 25.7 Å². The second kappa shape index (κ2) is 9.71. The molecule has 0 saturated carbocycles. The Hall–Kier alpha value is -1.50. The van der Waals surface area contributed by atoms with Crippen molar-refractivity contribution in [1.29, 1.82) is 0 Å². The van der Waals surface area contributed by atoms with Gasteiger partial charge in [-0.05, 0) is 45.0 Å². The maximum Gasteiger partial charge on any atom is 0.233 e. The average Bonchev–Trinajstić information content (AvgIpc) is 2.57. The first-order valence-electron chi connectivity index (χ1n) is 7.97. The van der Waals surface area contributed by atoms with Gasteiger partial charge in [-0.1, -0.05) is 0 Å². The van der Waals surface area contributed by atoms with Gasteiger partial charge in [0.1, 0.15) is 0 Å². The van der Waals surface area contributed by atoms with Crippen molar-refractivity contribution in [3.05, 3.63) is 18.2 Å². The van der Waals surface area contributed by atoms with Gasteiger partial charge in [0.25, 0.3) is 0 Å². The van der Waals surface area contributed by atoms with E-state index in [0.717, 1.165) is 25.9 Å². The Morgan fingerprint density at radius 1 is 1.25 bits per heavy atom. The predicted molar refractivity (Wildman–Crippen MR) is 96.5 cm³/mol. The largest absolute Gasteiger partial charge is 0.493 e. The molecule has 0 aliphatic carbocycles. The molecule has 24 heavy (non-hydrogen) atoms. The van der Waals surface area contributed by atoms with Crippen molar-refractivity contribution in [3.63, 3.8) is 0 Å². The number of hydrogen-bond acceptors (Lipinski definition) is 5. The smallest absolute Gasteiger partial charge is 0.233 e. The van der Waals surface area contributed by atoms with Crippen molar-refractivity contribution in [1.82, 2.24) is 5.32 Å². The van der Waals surface area contributed by atoms with Gasteiger partial charge in [0.2, 0.25) is 5.91 Å². The Kier molecular flexibility index (Phi) is 8.31. The maximum absolute atomic E-state index is 12.8. The molecule has 6 nitrogen and oxygen atoms in total. The van der Waals surface area contributed by atoms with E-state index >= 15 is 0 Å². The number of halogens is 1. The number of rotatable bonds is 7. The normalized spacial score (nSPS) is 16.0. The van der Waals surface area contributed by atoms with Crippen LogP contribution < -0.4 is 20.1 Å². The number of methoxy groups -OCH3 is 2. The van der Waals surface area contributed by atoms with E-state index in [1.165, 1.54) is 0 Å². The fourth-order valence-corrected chi connectivity index (χ4v) is 2.90. The third kappa shape index (κ3) is 4.75. The lowest BCUT2D eigenvalue weighted by Gasteiger charge is -2.35.